The Hall–Kier alpha value is -2.99. The second-order valence-corrected chi connectivity index (χ2v) is 3.98. The van der Waals surface area contributed by atoms with Crippen LogP contribution >= 0.6 is 0 Å². The third-order valence-electron chi connectivity index (χ3n) is 2.75. The van der Waals surface area contributed by atoms with Crippen LogP contribution in [0.3, 0.4) is 0 Å². The molecule has 6 heteroatoms. The van der Waals surface area contributed by atoms with Crippen LogP contribution in [0, 0.1) is 22.7 Å². The van der Waals surface area contributed by atoms with Crippen molar-refractivity contribution in [1.29, 1.82) is 10.5 Å². The van der Waals surface area contributed by atoms with Gasteiger partial charge in [0.25, 0.3) is 5.91 Å². The molecular weight excluding hydrogens is 242 g/mol. The van der Waals surface area contributed by atoms with Gasteiger partial charge in [-0.15, -0.1) is 0 Å². The zero-order valence-electron chi connectivity index (χ0n) is 10.1. The summed E-state index contributed by atoms with van der Waals surface area (Å²) in [5.74, 6) is -0.361. The van der Waals surface area contributed by atoms with Gasteiger partial charge in [-0.25, -0.2) is 0 Å². The minimum atomic E-state index is -0.361. The van der Waals surface area contributed by atoms with Gasteiger partial charge < -0.3 is 15.6 Å². The first-order valence-corrected chi connectivity index (χ1v) is 5.57. The minimum Gasteiger partial charge on any atom is -0.399 e. The summed E-state index contributed by atoms with van der Waals surface area (Å²) in [4.78, 5) is 16.4. The third-order valence-corrected chi connectivity index (χ3v) is 2.75. The number of benzene rings is 1. The lowest BCUT2D eigenvalue weighted by Crippen LogP contribution is -2.31. The number of rotatable bonds is 3. The van der Waals surface area contributed by atoms with Crippen LogP contribution in [-0.2, 0) is 0 Å². The Labute approximate surface area is 109 Å². The molecule has 19 heavy (non-hydrogen) atoms. The van der Waals surface area contributed by atoms with Gasteiger partial charge in [0.2, 0.25) is 0 Å². The van der Waals surface area contributed by atoms with Gasteiger partial charge in [0.1, 0.15) is 13.1 Å². The molecule has 1 heterocycles. The van der Waals surface area contributed by atoms with E-state index in [1.807, 2.05) is 12.1 Å². The molecule has 0 bridgehead atoms. The Morgan fingerprint density at radius 3 is 2.63 bits per heavy atom. The Balaban J connectivity index is 2.43. The lowest BCUT2D eigenvalue weighted by Gasteiger charge is -2.15. The maximum absolute atomic E-state index is 12.3. The molecule has 2 aromatic rings. The second-order valence-electron chi connectivity index (χ2n) is 3.98. The predicted molar refractivity (Wildman–Crippen MR) is 69.8 cm³/mol. The number of carbonyl (C=O) groups is 1. The van der Waals surface area contributed by atoms with Crippen molar-refractivity contribution in [1.82, 2.24) is 9.88 Å². The zero-order valence-corrected chi connectivity index (χ0v) is 10.1. The number of carbonyl (C=O) groups excluding carboxylic acids is 1. The van der Waals surface area contributed by atoms with Crippen molar-refractivity contribution in [3.63, 3.8) is 0 Å². The minimum absolute atomic E-state index is 0.124. The standard InChI is InChI=1S/C13H11N5O/c14-3-5-18(6-4-15)13(19)11-8-17-12-2-1-9(16)7-10(11)12/h1-2,7-8,17H,5-6,16H2. The van der Waals surface area contributed by atoms with Crippen molar-refractivity contribution >= 4 is 22.5 Å². The number of hydrogen-bond acceptors (Lipinski definition) is 4. The largest absolute Gasteiger partial charge is 0.399 e. The molecule has 1 aromatic carbocycles. The van der Waals surface area contributed by atoms with E-state index in [2.05, 4.69) is 4.98 Å². The van der Waals surface area contributed by atoms with Gasteiger partial charge in [-0.3, -0.25) is 4.79 Å². The van der Waals surface area contributed by atoms with Crippen molar-refractivity contribution in [2.45, 2.75) is 0 Å². The number of nitrogens with zero attached hydrogens (tertiary/aromatic N) is 3. The first-order chi connectivity index (χ1) is 9.17. The molecule has 0 saturated heterocycles. The summed E-state index contributed by atoms with van der Waals surface area (Å²) < 4.78 is 0. The van der Waals surface area contributed by atoms with Crippen molar-refractivity contribution in [2.24, 2.45) is 0 Å². The van der Waals surface area contributed by atoms with E-state index in [1.54, 1.807) is 24.4 Å². The van der Waals surface area contributed by atoms with Crippen molar-refractivity contribution in [3.05, 3.63) is 30.0 Å². The molecular formula is C13H11N5O. The lowest BCUT2D eigenvalue weighted by molar-refractivity contribution is 0.0796. The first-order valence-electron chi connectivity index (χ1n) is 5.57. The second kappa shape index (κ2) is 5.11. The summed E-state index contributed by atoms with van der Waals surface area (Å²) in [5.41, 5.74) is 7.45. The van der Waals surface area contributed by atoms with Crippen LogP contribution in [0.1, 0.15) is 10.4 Å². The summed E-state index contributed by atoms with van der Waals surface area (Å²) in [6.07, 6.45) is 1.56. The Bertz CT molecular complexity index is 688. The molecule has 0 fully saturated rings. The Kier molecular flexibility index (Phi) is 3.35. The van der Waals surface area contributed by atoms with E-state index in [-0.39, 0.29) is 19.0 Å². The Morgan fingerprint density at radius 1 is 1.32 bits per heavy atom. The molecule has 6 nitrogen and oxygen atoms in total. The summed E-state index contributed by atoms with van der Waals surface area (Å²) >= 11 is 0. The molecule has 94 valence electrons. The molecule has 0 unspecified atom stereocenters. The van der Waals surface area contributed by atoms with E-state index in [0.29, 0.717) is 16.6 Å². The summed E-state index contributed by atoms with van der Waals surface area (Å²) in [6, 6.07) is 8.95. The SMILES string of the molecule is N#CCN(CC#N)C(=O)c1c[nH]c2ccc(N)cc12. The number of nitriles is 2. The normalized spacial score (nSPS) is 9.79. The molecule has 0 aliphatic carbocycles. The number of anilines is 1. The lowest BCUT2D eigenvalue weighted by atomic mass is 10.1. The number of nitrogen functional groups attached to an aromatic ring is 1. The van der Waals surface area contributed by atoms with Crippen LogP contribution in [0.5, 0.6) is 0 Å². The van der Waals surface area contributed by atoms with Crippen LogP contribution in [0.15, 0.2) is 24.4 Å². The number of fused-ring (bicyclic) bond motifs is 1. The van der Waals surface area contributed by atoms with Crippen LogP contribution in [0.2, 0.25) is 0 Å². The van der Waals surface area contributed by atoms with Crippen LogP contribution < -0.4 is 5.73 Å². The van der Waals surface area contributed by atoms with Crippen molar-refractivity contribution in [2.75, 3.05) is 18.8 Å². The van der Waals surface area contributed by atoms with Gasteiger partial charge in [0, 0.05) is 22.8 Å². The maximum Gasteiger partial charge on any atom is 0.257 e. The highest BCUT2D eigenvalue weighted by Gasteiger charge is 2.18. The van der Waals surface area contributed by atoms with E-state index in [0.717, 1.165) is 5.52 Å². The topological polar surface area (TPSA) is 110 Å². The predicted octanol–water partition coefficient (Wildman–Crippen LogP) is 1.24. The quantitative estimate of drug-likeness (QED) is 0.633. The van der Waals surface area contributed by atoms with E-state index >= 15 is 0 Å². The monoisotopic (exact) mass is 253 g/mol. The van der Waals surface area contributed by atoms with Gasteiger partial charge in [0.05, 0.1) is 17.7 Å². The average molecular weight is 253 g/mol. The molecule has 0 saturated carbocycles. The number of aromatic nitrogens is 1. The highest BCUT2D eigenvalue weighted by molar-refractivity contribution is 6.07. The fourth-order valence-electron chi connectivity index (χ4n) is 1.86. The molecule has 0 aliphatic heterocycles. The van der Waals surface area contributed by atoms with E-state index in [1.165, 1.54) is 4.90 Å². The van der Waals surface area contributed by atoms with Crippen molar-refractivity contribution < 1.29 is 4.79 Å². The number of amides is 1. The molecule has 0 spiro atoms. The van der Waals surface area contributed by atoms with Gasteiger partial charge >= 0.3 is 0 Å². The Morgan fingerprint density at radius 2 is 2.00 bits per heavy atom. The summed E-state index contributed by atoms with van der Waals surface area (Å²) in [7, 11) is 0. The fourth-order valence-corrected chi connectivity index (χ4v) is 1.86. The van der Waals surface area contributed by atoms with Gasteiger partial charge in [-0.2, -0.15) is 10.5 Å². The van der Waals surface area contributed by atoms with Crippen LogP contribution in [0.4, 0.5) is 5.69 Å². The smallest absolute Gasteiger partial charge is 0.257 e. The number of H-pyrrole nitrogens is 1. The molecule has 1 aromatic heterocycles. The maximum atomic E-state index is 12.3. The molecule has 0 atom stereocenters. The number of nitrogens with two attached hydrogens (primary N) is 1. The highest BCUT2D eigenvalue weighted by atomic mass is 16.2. The van der Waals surface area contributed by atoms with Gasteiger partial charge in [0.15, 0.2) is 0 Å². The zero-order chi connectivity index (χ0) is 13.8. The molecule has 0 radical (unpaired) electrons. The highest BCUT2D eigenvalue weighted by Crippen LogP contribution is 2.22. The number of aromatic amines is 1. The first kappa shape index (κ1) is 12.5. The number of hydrogen-bond donors (Lipinski definition) is 2. The van der Waals surface area contributed by atoms with E-state index in [4.69, 9.17) is 16.3 Å². The molecule has 2 rings (SSSR count). The third kappa shape index (κ3) is 2.33. The van der Waals surface area contributed by atoms with Crippen molar-refractivity contribution in [3.8, 4) is 12.1 Å². The fraction of sp³-hybridized carbons (Fsp3) is 0.154. The summed E-state index contributed by atoms with van der Waals surface area (Å²) in [6.45, 7) is -0.247. The average Bonchev–Trinajstić information content (AvgIpc) is 2.80. The van der Waals surface area contributed by atoms with Crippen LogP contribution in [0.25, 0.3) is 10.9 Å². The number of nitrogens with one attached hydrogen (secondary N) is 1. The molecule has 1 amide bonds. The van der Waals surface area contributed by atoms with Gasteiger partial charge in [-0.1, -0.05) is 0 Å². The van der Waals surface area contributed by atoms with Gasteiger partial charge in [-0.05, 0) is 18.2 Å². The molecule has 0 aliphatic rings. The van der Waals surface area contributed by atoms with E-state index in [9.17, 15) is 4.79 Å². The summed E-state index contributed by atoms with van der Waals surface area (Å²) in [5, 5.41) is 18.1. The van der Waals surface area contributed by atoms with E-state index < -0.39 is 0 Å². The van der Waals surface area contributed by atoms with Crippen LogP contribution in [-0.4, -0.2) is 28.9 Å². The molecule has 3 N–H and O–H groups in total.